The fourth-order valence-electron chi connectivity index (χ4n) is 3.30. The van der Waals surface area contributed by atoms with Crippen LogP contribution in [-0.4, -0.2) is 32.6 Å². The van der Waals surface area contributed by atoms with Crippen LogP contribution < -0.4 is 10.2 Å². The Balaban J connectivity index is 1.57. The van der Waals surface area contributed by atoms with E-state index in [0.717, 1.165) is 17.3 Å². The SMILES string of the molecule is CN1Cc2ccc(C(=O)NCc3c(F)cc(F)cc3F)cc2N(Cc2cnsn2)C1=O. The molecule has 160 valence electrons. The number of urea groups is 1. The van der Waals surface area contributed by atoms with Crippen molar-refractivity contribution in [1.29, 1.82) is 0 Å². The van der Waals surface area contributed by atoms with Gasteiger partial charge in [0.05, 0.1) is 35.9 Å². The molecule has 0 unspecified atom stereocenters. The highest BCUT2D eigenvalue weighted by Gasteiger charge is 2.29. The number of carbonyl (C=O) groups excluding carboxylic acids is 2. The van der Waals surface area contributed by atoms with E-state index in [1.165, 1.54) is 4.90 Å². The topological polar surface area (TPSA) is 78.4 Å². The molecule has 1 aromatic heterocycles. The van der Waals surface area contributed by atoms with Crippen molar-refractivity contribution in [3.63, 3.8) is 0 Å². The lowest BCUT2D eigenvalue weighted by atomic mass is 10.0. The van der Waals surface area contributed by atoms with Gasteiger partial charge in [0.15, 0.2) is 0 Å². The molecule has 2 heterocycles. The standard InChI is InChI=1S/C20H16F3N5O2S/c1-27-9-12-3-2-11(4-18(12)28(20(27)30)10-14-7-25-31-26-14)19(29)24-8-15-16(22)5-13(21)6-17(15)23/h2-7H,8-10H2,1H3,(H,24,29). The number of hydrogen-bond donors (Lipinski definition) is 1. The fraction of sp³-hybridized carbons (Fsp3) is 0.200. The van der Waals surface area contributed by atoms with Crippen molar-refractivity contribution in [3.8, 4) is 0 Å². The highest BCUT2D eigenvalue weighted by molar-refractivity contribution is 6.99. The molecule has 7 nitrogen and oxygen atoms in total. The molecule has 1 N–H and O–H groups in total. The lowest BCUT2D eigenvalue weighted by molar-refractivity contribution is 0.0950. The van der Waals surface area contributed by atoms with Gasteiger partial charge in [0.1, 0.15) is 17.5 Å². The molecule has 0 radical (unpaired) electrons. The van der Waals surface area contributed by atoms with Gasteiger partial charge in [0.2, 0.25) is 0 Å². The van der Waals surface area contributed by atoms with Crippen molar-refractivity contribution in [1.82, 2.24) is 19.0 Å². The molecule has 0 saturated heterocycles. The van der Waals surface area contributed by atoms with Gasteiger partial charge in [-0.05, 0) is 17.7 Å². The zero-order valence-corrected chi connectivity index (χ0v) is 17.0. The molecule has 1 aliphatic rings. The maximum atomic E-state index is 13.8. The zero-order valence-electron chi connectivity index (χ0n) is 16.2. The summed E-state index contributed by atoms with van der Waals surface area (Å²) in [6.45, 7) is 0.0986. The third-order valence-electron chi connectivity index (χ3n) is 4.86. The van der Waals surface area contributed by atoms with Crippen LogP contribution >= 0.6 is 11.7 Å². The van der Waals surface area contributed by atoms with E-state index in [4.69, 9.17) is 0 Å². The number of amides is 3. The van der Waals surface area contributed by atoms with Gasteiger partial charge in [-0.2, -0.15) is 8.75 Å². The normalized spacial score (nSPS) is 13.4. The molecule has 0 atom stereocenters. The Labute approximate surface area is 179 Å². The molecule has 3 amide bonds. The van der Waals surface area contributed by atoms with E-state index in [2.05, 4.69) is 14.1 Å². The molecule has 0 aliphatic carbocycles. The van der Waals surface area contributed by atoms with Gasteiger partial charge in [-0.15, -0.1) is 0 Å². The minimum atomic E-state index is -1.08. The molecule has 0 spiro atoms. The summed E-state index contributed by atoms with van der Waals surface area (Å²) in [4.78, 5) is 28.3. The summed E-state index contributed by atoms with van der Waals surface area (Å²) < 4.78 is 48.7. The molecule has 0 fully saturated rings. The number of aromatic nitrogens is 2. The number of carbonyl (C=O) groups is 2. The second kappa shape index (κ2) is 8.34. The summed E-state index contributed by atoms with van der Waals surface area (Å²) in [6, 6.07) is 5.69. The number of rotatable bonds is 5. The molecule has 0 bridgehead atoms. The van der Waals surface area contributed by atoms with Crippen molar-refractivity contribution in [2.45, 2.75) is 19.6 Å². The maximum absolute atomic E-state index is 13.8. The predicted molar refractivity (Wildman–Crippen MR) is 107 cm³/mol. The zero-order chi connectivity index (χ0) is 22.1. The monoisotopic (exact) mass is 447 g/mol. The Morgan fingerprint density at radius 2 is 1.94 bits per heavy atom. The van der Waals surface area contributed by atoms with Crippen molar-refractivity contribution in [2.75, 3.05) is 11.9 Å². The smallest absolute Gasteiger partial charge is 0.324 e. The van der Waals surface area contributed by atoms with Gasteiger partial charge < -0.3 is 10.2 Å². The Kier molecular flexibility index (Phi) is 5.59. The summed E-state index contributed by atoms with van der Waals surface area (Å²) in [5.74, 6) is -3.79. The average molecular weight is 447 g/mol. The lowest BCUT2D eigenvalue weighted by Gasteiger charge is -2.35. The summed E-state index contributed by atoms with van der Waals surface area (Å²) in [7, 11) is 1.67. The molecule has 2 aromatic carbocycles. The van der Waals surface area contributed by atoms with Gasteiger partial charge in [0, 0.05) is 43.4 Å². The number of benzene rings is 2. The van der Waals surface area contributed by atoms with Crippen LogP contribution in [-0.2, 0) is 19.6 Å². The summed E-state index contributed by atoms with van der Waals surface area (Å²) >= 11 is 1.03. The van der Waals surface area contributed by atoms with Crippen molar-refractivity contribution in [2.24, 2.45) is 0 Å². The first-order valence-electron chi connectivity index (χ1n) is 9.17. The lowest BCUT2D eigenvalue weighted by Crippen LogP contribution is -2.45. The van der Waals surface area contributed by atoms with Crippen molar-refractivity contribution >= 4 is 29.4 Å². The van der Waals surface area contributed by atoms with E-state index in [0.29, 0.717) is 30.1 Å². The van der Waals surface area contributed by atoms with Gasteiger partial charge in [-0.1, -0.05) is 6.07 Å². The second-order valence-corrected chi connectivity index (χ2v) is 7.55. The summed E-state index contributed by atoms with van der Waals surface area (Å²) in [5.41, 5.74) is 1.75. The molecule has 3 aromatic rings. The Hall–Kier alpha value is -3.47. The quantitative estimate of drug-likeness (QED) is 0.650. The first kappa shape index (κ1) is 20.8. The third kappa shape index (κ3) is 4.22. The predicted octanol–water partition coefficient (Wildman–Crippen LogP) is 3.46. The Morgan fingerprint density at radius 1 is 1.19 bits per heavy atom. The number of nitrogens with zero attached hydrogens (tertiary/aromatic N) is 4. The fourth-order valence-corrected chi connectivity index (χ4v) is 3.73. The van der Waals surface area contributed by atoms with Crippen molar-refractivity contribution in [3.05, 3.63) is 76.4 Å². The van der Waals surface area contributed by atoms with Crippen LogP contribution in [0.1, 0.15) is 27.2 Å². The number of halogens is 3. The minimum absolute atomic E-state index is 0.184. The third-order valence-corrected chi connectivity index (χ3v) is 5.38. The van der Waals surface area contributed by atoms with E-state index >= 15 is 0 Å². The van der Waals surface area contributed by atoms with Crippen LogP contribution in [0.5, 0.6) is 0 Å². The van der Waals surface area contributed by atoms with E-state index in [1.807, 2.05) is 0 Å². The maximum Gasteiger partial charge on any atom is 0.324 e. The van der Waals surface area contributed by atoms with Crippen LogP contribution in [0.2, 0.25) is 0 Å². The molecule has 11 heteroatoms. The molecular formula is C20H16F3N5O2S. The largest absolute Gasteiger partial charge is 0.348 e. The van der Waals surface area contributed by atoms with E-state index in [1.54, 1.807) is 36.3 Å². The molecular weight excluding hydrogens is 431 g/mol. The summed E-state index contributed by atoms with van der Waals surface area (Å²) in [6.07, 6.45) is 1.56. The van der Waals surface area contributed by atoms with E-state index in [-0.39, 0.29) is 18.1 Å². The Morgan fingerprint density at radius 3 is 2.61 bits per heavy atom. The summed E-state index contributed by atoms with van der Waals surface area (Å²) in [5, 5.41) is 2.43. The van der Waals surface area contributed by atoms with Crippen LogP contribution in [0, 0.1) is 17.5 Å². The average Bonchev–Trinajstić information content (AvgIpc) is 3.23. The minimum Gasteiger partial charge on any atom is -0.348 e. The van der Waals surface area contributed by atoms with E-state index < -0.39 is 35.5 Å². The number of anilines is 1. The first-order chi connectivity index (χ1) is 14.8. The first-order valence-corrected chi connectivity index (χ1v) is 9.90. The van der Waals surface area contributed by atoms with Gasteiger partial charge in [0.25, 0.3) is 5.91 Å². The number of fused-ring (bicyclic) bond motifs is 1. The molecule has 0 saturated carbocycles. The molecule has 4 rings (SSSR count). The highest BCUT2D eigenvalue weighted by Crippen LogP contribution is 2.30. The van der Waals surface area contributed by atoms with Crippen LogP contribution in [0.15, 0.2) is 36.5 Å². The molecule has 31 heavy (non-hydrogen) atoms. The van der Waals surface area contributed by atoms with Crippen molar-refractivity contribution < 1.29 is 22.8 Å². The van der Waals surface area contributed by atoms with Gasteiger partial charge in [-0.25, -0.2) is 18.0 Å². The highest BCUT2D eigenvalue weighted by atomic mass is 32.1. The molecule has 1 aliphatic heterocycles. The number of hydrogen-bond acceptors (Lipinski definition) is 5. The van der Waals surface area contributed by atoms with Crippen LogP contribution in [0.3, 0.4) is 0 Å². The van der Waals surface area contributed by atoms with Gasteiger partial charge >= 0.3 is 6.03 Å². The number of nitrogens with one attached hydrogen (secondary N) is 1. The van der Waals surface area contributed by atoms with Gasteiger partial charge in [-0.3, -0.25) is 9.69 Å². The van der Waals surface area contributed by atoms with Crippen LogP contribution in [0.4, 0.5) is 23.7 Å². The second-order valence-electron chi connectivity index (χ2n) is 7.00. The van der Waals surface area contributed by atoms with E-state index in [9.17, 15) is 22.8 Å². The van der Waals surface area contributed by atoms with Crippen LogP contribution in [0.25, 0.3) is 0 Å². The Bertz CT molecular complexity index is 1130.